The lowest BCUT2D eigenvalue weighted by Gasteiger charge is -2.10. The third kappa shape index (κ3) is 3.51. The van der Waals surface area contributed by atoms with E-state index >= 15 is 0 Å². The molecule has 1 aromatic heterocycles. The van der Waals surface area contributed by atoms with Gasteiger partial charge in [0, 0.05) is 17.5 Å². The third-order valence-corrected chi connectivity index (χ3v) is 3.11. The predicted octanol–water partition coefficient (Wildman–Crippen LogP) is 1.13. The normalized spacial score (nSPS) is 11.6. The molecule has 0 radical (unpaired) electrons. The highest BCUT2D eigenvalue weighted by Crippen LogP contribution is 2.33. The van der Waals surface area contributed by atoms with E-state index in [1.807, 2.05) is 0 Å². The second-order valence-corrected chi connectivity index (χ2v) is 5.08. The standard InChI is InChI=1S/C12H12O8S/c1-17-10-4-8-7(6-19-21(14,15)16)3-12(13)20-9(8)5-11(10)18-2/h3-5H,6H2,1-2H3,(H,14,15,16). The van der Waals surface area contributed by atoms with Crippen molar-refractivity contribution in [3.8, 4) is 11.5 Å². The average molecular weight is 316 g/mol. The molecule has 21 heavy (non-hydrogen) atoms. The molecule has 0 saturated carbocycles. The first kappa shape index (κ1) is 15.3. The molecule has 2 aromatic rings. The number of hydrogen-bond acceptors (Lipinski definition) is 7. The fourth-order valence-electron chi connectivity index (χ4n) is 1.81. The molecule has 1 heterocycles. The Bertz CT molecular complexity index is 821. The van der Waals surface area contributed by atoms with Gasteiger partial charge in [-0.05, 0) is 11.6 Å². The van der Waals surface area contributed by atoms with Crippen LogP contribution in [0.2, 0.25) is 0 Å². The first-order chi connectivity index (χ1) is 9.84. The van der Waals surface area contributed by atoms with E-state index in [2.05, 4.69) is 4.18 Å². The monoisotopic (exact) mass is 316 g/mol. The summed E-state index contributed by atoms with van der Waals surface area (Å²) in [5, 5.41) is 0.399. The molecule has 0 bridgehead atoms. The minimum atomic E-state index is -4.62. The molecule has 8 nitrogen and oxygen atoms in total. The Morgan fingerprint density at radius 3 is 2.33 bits per heavy atom. The molecule has 0 atom stereocenters. The molecule has 0 aliphatic carbocycles. The number of fused-ring (bicyclic) bond motifs is 1. The Balaban J connectivity index is 2.61. The number of hydrogen-bond donors (Lipinski definition) is 1. The van der Waals surface area contributed by atoms with Gasteiger partial charge < -0.3 is 13.9 Å². The van der Waals surface area contributed by atoms with Crippen LogP contribution in [0.3, 0.4) is 0 Å². The Kier molecular flexibility index (Phi) is 4.16. The molecule has 0 aliphatic rings. The summed E-state index contributed by atoms with van der Waals surface area (Å²) in [5.74, 6) is 0.716. The van der Waals surface area contributed by atoms with Crippen molar-refractivity contribution in [2.75, 3.05) is 14.2 Å². The van der Waals surface area contributed by atoms with Crippen molar-refractivity contribution >= 4 is 21.4 Å². The average Bonchev–Trinajstić information content (AvgIpc) is 2.42. The molecule has 2 rings (SSSR count). The lowest BCUT2D eigenvalue weighted by Crippen LogP contribution is -2.07. The second-order valence-electron chi connectivity index (χ2n) is 3.98. The van der Waals surface area contributed by atoms with Crippen LogP contribution in [0, 0.1) is 0 Å². The summed E-state index contributed by atoms with van der Waals surface area (Å²) in [4.78, 5) is 11.5. The lowest BCUT2D eigenvalue weighted by atomic mass is 10.1. The van der Waals surface area contributed by atoms with Gasteiger partial charge in [0.25, 0.3) is 0 Å². The molecule has 0 spiro atoms. The molecule has 114 valence electrons. The summed E-state index contributed by atoms with van der Waals surface area (Å²) in [5.41, 5.74) is -0.294. The van der Waals surface area contributed by atoms with E-state index < -0.39 is 22.6 Å². The van der Waals surface area contributed by atoms with Gasteiger partial charge in [0.15, 0.2) is 11.5 Å². The van der Waals surface area contributed by atoms with Gasteiger partial charge in [0.2, 0.25) is 0 Å². The van der Waals surface area contributed by atoms with E-state index in [1.54, 1.807) is 0 Å². The second kappa shape index (κ2) is 5.72. The van der Waals surface area contributed by atoms with Gasteiger partial charge in [0.1, 0.15) is 5.58 Å². The van der Waals surface area contributed by atoms with Crippen LogP contribution in [0.5, 0.6) is 11.5 Å². The van der Waals surface area contributed by atoms with Crippen LogP contribution in [0.15, 0.2) is 27.4 Å². The fraction of sp³-hybridized carbons (Fsp3) is 0.250. The SMILES string of the molecule is COc1cc2oc(=O)cc(COS(=O)(=O)O)c2cc1OC. The molecule has 0 amide bonds. The van der Waals surface area contributed by atoms with Crippen LogP contribution in [-0.2, 0) is 21.2 Å². The van der Waals surface area contributed by atoms with Gasteiger partial charge in [-0.3, -0.25) is 4.55 Å². The number of rotatable bonds is 5. The van der Waals surface area contributed by atoms with E-state index in [0.717, 1.165) is 6.07 Å². The summed E-state index contributed by atoms with van der Waals surface area (Å²) in [7, 11) is -1.77. The molecular formula is C12H12O8S. The molecular weight excluding hydrogens is 304 g/mol. The summed E-state index contributed by atoms with van der Waals surface area (Å²) in [6, 6.07) is 4.02. The van der Waals surface area contributed by atoms with Crippen LogP contribution >= 0.6 is 0 Å². The van der Waals surface area contributed by atoms with Gasteiger partial charge in [0.05, 0.1) is 20.8 Å². The van der Waals surface area contributed by atoms with Gasteiger partial charge in [-0.15, -0.1) is 0 Å². The summed E-state index contributed by atoms with van der Waals surface area (Å²) in [6.45, 7) is -0.517. The van der Waals surface area contributed by atoms with Crippen LogP contribution in [0.1, 0.15) is 5.56 Å². The third-order valence-electron chi connectivity index (χ3n) is 2.70. The van der Waals surface area contributed by atoms with E-state index in [1.165, 1.54) is 26.4 Å². The molecule has 1 N–H and O–H groups in total. The molecule has 0 unspecified atom stereocenters. The first-order valence-corrected chi connectivity index (χ1v) is 7.01. The number of methoxy groups -OCH3 is 2. The Labute approximate surface area is 119 Å². The predicted molar refractivity (Wildman–Crippen MR) is 71.9 cm³/mol. The van der Waals surface area contributed by atoms with Crippen LogP contribution in [0.4, 0.5) is 0 Å². The van der Waals surface area contributed by atoms with E-state index in [4.69, 9.17) is 18.4 Å². The van der Waals surface area contributed by atoms with Crippen LogP contribution in [-0.4, -0.2) is 27.2 Å². The maximum atomic E-state index is 11.5. The van der Waals surface area contributed by atoms with Crippen molar-refractivity contribution in [1.82, 2.24) is 0 Å². The highest BCUT2D eigenvalue weighted by atomic mass is 32.3. The molecule has 9 heteroatoms. The smallest absolute Gasteiger partial charge is 0.397 e. The topological polar surface area (TPSA) is 112 Å². The maximum absolute atomic E-state index is 11.5. The Morgan fingerprint density at radius 2 is 1.76 bits per heavy atom. The molecule has 0 saturated heterocycles. The van der Waals surface area contributed by atoms with E-state index in [-0.39, 0.29) is 11.1 Å². The van der Waals surface area contributed by atoms with Crippen molar-refractivity contribution in [1.29, 1.82) is 0 Å². The van der Waals surface area contributed by atoms with Gasteiger partial charge in [-0.25, -0.2) is 8.98 Å². The zero-order valence-corrected chi connectivity index (χ0v) is 12.0. The fourth-order valence-corrected chi connectivity index (χ4v) is 2.09. The van der Waals surface area contributed by atoms with Gasteiger partial charge >= 0.3 is 16.0 Å². The minimum absolute atomic E-state index is 0.175. The maximum Gasteiger partial charge on any atom is 0.397 e. The summed E-state index contributed by atoms with van der Waals surface area (Å²) < 4.78 is 49.4. The zero-order chi connectivity index (χ0) is 15.6. The van der Waals surface area contributed by atoms with Crippen molar-refractivity contribution in [2.45, 2.75) is 6.61 Å². The minimum Gasteiger partial charge on any atom is -0.493 e. The largest absolute Gasteiger partial charge is 0.493 e. The van der Waals surface area contributed by atoms with Crippen molar-refractivity contribution in [3.05, 3.63) is 34.2 Å². The highest BCUT2D eigenvalue weighted by Gasteiger charge is 2.14. The lowest BCUT2D eigenvalue weighted by molar-refractivity contribution is 0.260. The number of ether oxygens (including phenoxy) is 2. The number of benzene rings is 1. The quantitative estimate of drug-likeness (QED) is 0.645. The van der Waals surface area contributed by atoms with Crippen molar-refractivity contribution in [3.63, 3.8) is 0 Å². The van der Waals surface area contributed by atoms with Crippen LogP contribution in [0.25, 0.3) is 11.0 Å². The first-order valence-electron chi connectivity index (χ1n) is 5.64. The Morgan fingerprint density at radius 1 is 1.14 bits per heavy atom. The molecule has 0 fully saturated rings. The highest BCUT2D eigenvalue weighted by molar-refractivity contribution is 7.80. The zero-order valence-electron chi connectivity index (χ0n) is 11.2. The van der Waals surface area contributed by atoms with Crippen LogP contribution < -0.4 is 15.1 Å². The van der Waals surface area contributed by atoms with E-state index in [0.29, 0.717) is 16.9 Å². The van der Waals surface area contributed by atoms with Crippen molar-refractivity contribution < 1.29 is 31.0 Å². The van der Waals surface area contributed by atoms with E-state index in [9.17, 15) is 13.2 Å². The Hall–Kier alpha value is -2.10. The molecule has 1 aromatic carbocycles. The summed E-state index contributed by atoms with van der Waals surface area (Å²) in [6.07, 6.45) is 0. The van der Waals surface area contributed by atoms with Gasteiger partial charge in [-0.2, -0.15) is 8.42 Å². The molecule has 0 aliphatic heterocycles. The van der Waals surface area contributed by atoms with Crippen molar-refractivity contribution in [2.24, 2.45) is 0 Å². The van der Waals surface area contributed by atoms with Gasteiger partial charge in [-0.1, -0.05) is 0 Å². The summed E-state index contributed by atoms with van der Waals surface area (Å²) >= 11 is 0.